The van der Waals surface area contributed by atoms with Crippen LogP contribution in [-0.2, 0) is 30.5 Å². The van der Waals surface area contributed by atoms with Crippen molar-refractivity contribution in [2.75, 3.05) is 26.8 Å². The van der Waals surface area contributed by atoms with Crippen LogP contribution in [-0.4, -0.2) is 72.6 Å². The van der Waals surface area contributed by atoms with Crippen LogP contribution < -0.4 is 5.32 Å². The lowest BCUT2D eigenvalue weighted by Gasteiger charge is -2.40. The van der Waals surface area contributed by atoms with Crippen LogP contribution in [0.25, 0.3) is 0 Å². The first-order valence-corrected chi connectivity index (χ1v) is 10.1. The number of benzene rings is 1. The molecule has 0 saturated carbocycles. The molecule has 0 bridgehead atoms. The van der Waals surface area contributed by atoms with E-state index in [2.05, 4.69) is 10.1 Å². The molecule has 0 radical (unpaired) electrons. The third-order valence-electron chi connectivity index (χ3n) is 6.15. The van der Waals surface area contributed by atoms with Gasteiger partial charge in [0.15, 0.2) is 5.78 Å². The van der Waals surface area contributed by atoms with Gasteiger partial charge < -0.3 is 9.64 Å². The van der Waals surface area contributed by atoms with Crippen molar-refractivity contribution < 1.29 is 24.0 Å². The van der Waals surface area contributed by atoms with Gasteiger partial charge in [-0.15, -0.1) is 0 Å². The van der Waals surface area contributed by atoms with Crippen LogP contribution in [0, 0.1) is 5.92 Å². The SMILES string of the molecule is COC(=O)CNCC(=O)[C@@H]1CCC2C[C@H]3CON(Cc4ccccc4)C3C(=O)N21. The van der Waals surface area contributed by atoms with E-state index < -0.39 is 12.0 Å². The lowest BCUT2D eigenvalue weighted by molar-refractivity contribution is -0.169. The molecule has 3 saturated heterocycles. The summed E-state index contributed by atoms with van der Waals surface area (Å²) in [5.41, 5.74) is 1.09. The highest BCUT2D eigenvalue weighted by molar-refractivity contribution is 5.93. The normalized spacial score (nSPS) is 28.9. The Kier molecular flexibility index (Phi) is 5.94. The third kappa shape index (κ3) is 4.05. The molecule has 8 nitrogen and oxygen atoms in total. The Bertz CT molecular complexity index is 771. The number of hydrogen-bond donors (Lipinski definition) is 1. The lowest BCUT2D eigenvalue weighted by atomic mass is 9.87. The van der Waals surface area contributed by atoms with Crippen LogP contribution in [0.1, 0.15) is 24.8 Å². The van der Waals surface area contributed by atoms with Gasteiger partial charge in [0.2, 0.25) is 5.91 Å². The van der Waals surface area contributed by atoms with Crippen LogP contribution in [0.2, 0.25) is 0 Å². The number of nitrogens with one attached hydrogen (secondary N) is 1. The molecular formula is C21H27N3O5. The molecule has 4 rings (SSSR count). The first-order chi connectivity index (χ1) is 14.1. The molecular weight excluding hydrogens is 374 g/mol. The summed E-state index contributed by atoms with van der Waals surface area (Å²) < 4.78 is 4.57. The molecule has 0 aromatic heterocycles. The number of ether oxygens (including phenoxy) is 1. The number of esters is 1. The molecule has 2 unspecified atom stereocenters. The number of rotatable bonds is 7. The van der Waals surface area contributed by atoms with E-state index in [0.717, 1.165) is 18.4 Å². The van der Waals surface area contributed by atoms with Crippen LogP contribution in [0.4, 0.5) is 0 Å². The van der Waals surface area contributed by atoms with E-state index in [1.807, 2.05) is 30.3 Å². The van der Waals surface area contributed by atoms with Gasteiger partial charge in [0, 0.05) is 18.5 Å². The smallest absolute Gasteiger partial charge is 0.319 e. The fraction of sp³-hybridized carbons (Fsp3) is 0.571. The monoisotopic (exact) mass is 401 g/mol. The Morgan fingerprint density at radius 1 is 1.21 bits per heavy atom. The Labute approximate surface area is 170 Å². The molecule has 3 aliphatic heterocycles. The molecule has 8 heteroatoms. The lowest BCUT2D eigenvalue weighted by Crippen LogP contribution is -2.58. The fourth-order valence-corrected chi connectivity index (χ4v) is 4.77. The molecule has 4 atom stereocenters. The van der Waals surface area contributed by atoms with Gasteiger partial charge in [-0.3, -0.25) is 24.5 Å². The maximum atomic E-state index is 13.4. The minimum atomic E-state index is -0.433. The predicted molar refractivity (Wildman–Crippen MR) is 103 cm³/mol. The zero-order valence-electron chi connectivity index (χ0n) is 16.6. The zero-order valence-corrected chi connectivity index (χ0v) is 16.6. The average Bonchev–Trinajstić information content (AvgIpc) is 3.33. The van der Waals surface area contributed by atoms with E-state index in [1.165, 1.54) is 7.11 Å². The van der Waals surface area contributed by atoms with Gasteiger partial charge >= 0.3 is 5.97 Å². The number of methoxy groups -OCH3 is 1. The number of hydroxylamine groups is 2. The predicted octanol–water partition coefficient (Wildman–Crippen LogP) is 0.514. The maximum Gasteiger partial charge on any atom is 0.319 e. The molecule has 0 spiro atoms. The van der Waals surface area contributed by atoms with E-state index in [9.17, 15) is 14.4 Å². The third-order valence-corrected chi connectivity index (χ3v) is 6.15. The number of piperidine rings is 1. The minimum absolute atomic E-state index is 0.0106. The minimum Gasteiger partial charge on any atom is -0.468 e. The molecule has 1 aromatic carbocycles. The molecule has 3 aliphatic rings. The van der Waals surface area contributed by atoms with Crippen molar-refractivity contribution in [1.29, 1.82) is 0 Å². The van der Waals surface area contributed by atoms with E-state index in [1.54, 1.807) is 9.96 Å². The van der Waals surface area contributed by atoms with Gasteiger partial charge in [0.25, 0.3) is 0 Å². The van der Waals surface area contributed by atoms with Gasteiger partial charge in [-0.2, -0.15) is 5.06 Å². The number of nitrogens with zero attached hydrogens (tertiary/aromatic N) is 2. The van der Waals surface area contributed by atoms with Gasteiger partial charge in [-0.1, -0.05) is 30.3 Å². The summed E-state index contributed by atoms with van der Waals surface area (Å²) in [7, 11) is 1.31. The summed E-state index contributed by atoms with van der Waals surface area (Å²) in [4.78, 5) is 45.0. The highest BCUT2D eigenvalue weighted by Gasteiger charge is 2.53. The second kappa shape index (κ2) is 8.61. The van der Waals surface area contributed by atoms with Crippen molar-refractivity contribution in [3.05, 3.63) is 35.9 Å². The molecule has 1 aromatic rings. The van der Waals surface area contributed by atoms with Crippen molar-refractivity contribution in [1.82, 2.24) is 15.3 Å². The summed E-state index contributed by atoms with van der Waals surface area (Å²) in [5, 5.41) is 4.60. The van der Waals surface area contributed by atoms with Crippen LogP contribution >= 0.6 is 0 Å². The van der Waals surface area contributed by atoms with Crippen LogP contribution in [0.5, 0.6) is 0 Å². The average molecular weight is 401 g/mol. The number of amides is 1. The molecule has 1 amide bonds. The Hall–Kier alpha value is -2.29. The largest absolute Gasteiger partial charge is 0.468 e. The quantitative estimate of drug-likeness (QED) is 0.666. The summed E-state index contributed by atoms with van der Waals surface area (Å²) in [6.45, 7) is 1.13. The van der Waals surface area contributed by atoms with Crippen molar-refractivity contribution in [2.45, 2.75) is 43.9 Å². The summed E-state index contributed by atoms with van der Waals surface area (Å²) in [6, 6.07) is 9.25. The number of Topliss-reactive ketones (excluding diaryl/α,β-unsaturated/α-hetero) is 1. The molecule has 156 valence electrons. The number of carbonyl (C=O) groups is 3. The van der Waals surface area contributed by atoms with E-state index in [4.69, 9.17) is 4.84 Å². The second-order valence-corrected chi connectivity index (χ2v) is 7.94. The molecule has 0 aliphatic carbocycles. The van der Waals surface area contributed by atoms with Crippen molar-refractivity contribution in [2.24, 2.45) is 5.92 Å². The highest BCUT2D eigenvalue weighted by Crippen LogP contribution is 2.40. The summed E-state index contributed by atoms with van der Waals surface area (Å²) >= 11 is 0. The second-order valence-electron chi connectivity index (χ2n) is 7.94. The van der Waals surface area contributed by atoms with Gasteiger partial charge in [-0.25, -0.2) is 0 Å². The first kappa shape index (κ1) is 20.0. The van der Waals surface area contributed by atoms with Crippen molar-refractivity contribution in [3.8, 4) is 0 Å². The van der Waals surface area contributed by atoms with Gasteiger partial charge in [0.05, 0.1) is 32.8 Å². The molecule has 29 heavy (non-hydrogen) atoms. The van der Waals surface area contributed by atoms with Crippen molar-refractivity contribution in [3.63, 3.8) is 0 Å². The highest BCUT2D eigenvalue weighted by atomic mass is 16.7. The van der Waals surface area contributed by atoms with Crippen LogP contribution in [0.3, 0.4) is 0 Å². The van der Waals surface area contributed by atoms with Crippen LogP contribution in [0.15, 0.2) is 30.3 Å². The van der Waals surface area contributed by atoms with E-state index in [0.29, 0.717) is 19.6 Å². The summed E-state index contributed by atoms with van der Waals surface area (Å²) in [5.74, 6) is -0.322. The van der Waals surface area contributed by atoms with E-state index in [-0.39, 0.29) is 42.8 Å². The number of ketones is 1. The number of hydrogen-bond acceptors (Lipinski definition) is 7. The fourth-order valence-electron chi connectivity index (χ4n) is 4.77. The van der Waals surface area contributed by atoms with Gasteiger partial charge in [-0.05, 0) is 24.8 Å². The van der Waals surface area contributed by atoms with Crippen molar-refractivity contribution >= 4 is 17.7 Å². The van der Waals surface area contributed by atoms with E-state index >= 15 is 0 Å². The molecule has 3 heterocycles. The van der Waals surface area contributed by atoms with Gasteiger partial charge in [0.1, 0.15) is 6.04 Å². The topological polar surface area (TPSA) is 88.2 Å². The number of carbonyl (C=O) groups excluding carboxylic acids is 3. The standard InChI is InChI=1S/C21H27N3O5/c1-28-19(26)11-22-10-18(25)17-8-7-16-9-15-13-29-23(20(15)21(27)24(16)17)12-14-5-3-2-4-6-14/h2-6,15-17,20,22H,7-13H2,1H3/t15-,16?,17-,20?/m0/s1. The Balaban J connectivity index is 1.42. The zero-order chi connectivity index (χ0) is 20.4. The first-order valence-electron chi connectivity index (χ1n) is 10.1. The molecule has 3 fully saturated rings. The molecule has 1 N–H and O–H groups in total. The Morgan fingerprint density at radius 3 is 2.76 bits per heavy atom. The number of fused-ring (bicyclic) bond motifs is 2. The Morgan fingerprint density at radius 2 is 2.00 bits per heavy atom. The maximum absolute atomic E-state index is 13.4. The summed E-state index contributed by atoms with van der Waals surface area (Å²) in [6.07, 6.45) is 2.37.